The summed E-state index contributed by atoms with van der Waals surface area (Å²) in [4.78, 5) is 29.6. The Balaban J connectivity index is 1.73. The number of sulfone groups is 1. The van der Waals surface area contributed by atoms with Crippen LogP contribution >= 0.6 is 0 Å². The average molecular weight is 416 g/mol. The smallest absolute Gasteiger partial charge is 0.334 e. The lowest BCUT2D eigenvalue weighted by Crippen LogP contribution is -2.37. The van der Waals surface area contributed by atoms with Crippen molar-refractivity contribution in [2.45, 2.75) is 18.1 Å². The van der Waals surface area contributed by atoms with E-state index in [0.717, 1.165) is 16.5 Å². The molecule has 154 valence electrons. The summed E-state index contributed by atoms with van der Waals surface area (Å²) >= 11 is 0. The Hall–Kier alpha value is -2.87. The first kappa shape index (κ1) is 20.9. The molecule has 8 heteroatoms. The number of aromatic amines is 1. The van der Waals surface area contributed by atoms with Crippen LogP contribution in [0.3, 0.4) is 0 Å². The molecular weight excluding hydrogens is 392 g/mol. The maximum atomic E-state index is 12.9. The normalized spacial score (nSPS) is 17.7. The molecule has 0 saturated heterocycles. The van der Waals surface area contributed by atoms with Crippen molar-refractivity contribution < 1.29 is 22.7 Å². The number of hydrogen-bond acceptors (Lipinski definition) is 5. The third-order valence-corrected chi connectivity index (χ3v) is 7.04. The van der Waals surface area contributed by atoms with Crippen molar-refractivity contribution in [3.8, 4) is 0 Å². The van der Waals surface area contributed by atoms with Crippen LogP contribution in [-0.2, 0) is 30.6 Å². The molecule has 1 amide bonds. The molecule has 2 aromatic rings. The van der Waals surface area contributed by atoms with Crippen LogP contribution in [-0.4, -0.2) is 61.4 Å². The second-order valence-corrected chi connectivity index (χ2v) is 9.14. The molecule has 1 aliphatic heterocycles. The second kappa shape index (κ2) is 8.65. The summed E-state index contributed by atoms with van der Waals surface area (Å²) in [6, 6.07) is 7.90. The molecule has 7 nitrogen and oxygen atoms in total. The van der Waals surface area contributed by atoms with Crippen molar-refractivity contribution in [2.75, 3.05) is 26.0 Å². The Bertz CT molecular complexity index is 1070. The van der Waals surface area contributed by atoms with Gasteiger partial charge < -0.3 is 14.6 Å². The number of H-pyrrole nitrogens is 1. The standard InChI is InChI=1S/C21H24N2O5S/c1-3-10-23(11-8-15-14-22-18-7-5-4-6-16(15)18)20(24)13-19-17(21(25)28-2)9-12-29(19,26)27/h3-7,9,14,19,22H,1,8,10-13H2,2H3. The maximum Gasteiger partial charge on any atom is 0.334 e. The van der Waals surface area contributed by atoms with Crippen LogP contribution in [0.15, 0.2) is 54.8 Å². The molecule has 1 N–H and O–H groups in total. The lowest BCUT2D eigenvalue weighted by Gasteiger charge is -2.23. The number of aromatic nitrogens is 1. The summed E-state index contributed by atoms with van der Waals surface area (Å²) in [5, 5.41) is -0.0735. The Morgan fingerprint density at radius 1 is 1.34 bits per heavy atom. The monoisotopic (exact) mass is 416 g/mol. The fourth-order valence-corrected chi connectivity index (χ4v) is 5.19. The van der Waals surface area contributed by atoms with Crippen molar-refractivity contribution in [3.63, 3.8) is 0 Å². The number of carbonyl (C=O) groups excluding carboxylic acids is 2. The molecule has 0 fully saturated rings. The highest BCUT2D eigenvalue weighted by molar-refractivity contribution is 7.92. The molecule has 3 rings (SSSR count). The van der Waals surface area contributed by atoms with Gasteiger partial charge in [0, 0.05) is 36.6 Å². The van der Waals surface area contributed by atoms with Gasteiger partial charge in [-0.2, -0.15) is 0 Å². The van der Waals surface area contributed by atoms with E-state index in [-0.39, 0.29) is 23.7 Å². The Kier molecular flexibility index (Phi) is 6.22. The van der Waals surface area contributed by atoms with E-state index in [1.165, 1.54) is 13.2 Å². The summed E-state index contributed by atoms with van der Waals surface area (Å²) in [7, 11) is -2.40. The van der Waals surface area contributed by atoms with Crippen molar-refractivity contribution >= 4 is 32.6 Å². The summed E-state index contributed by atoms with van der Waals surface area (Å²) in [6.45, 7) is 4.40. The molecule has 0 radical (unpaired) electrons. The predicted octanol–water partition coefficient (Wildman–Crippen LogP) is 2.01. The first-order valence-corrected chi connectivity index (χ1v) is 11.0. The van der Waals surface area contributed by atoms with Crippen LogP contribution in [0.1, 0.15) is 12.0 Å². The molecule has 0 saturated carbocycles. The summed E-state index contributed by atoms with van der Waals surface area (Å²) in [5.74, 6) is -1.31. The fourth-order valence-electron chi connectivity index (χ4n) is 3.57. The molecule has 1 aromatic carbocycles. The topological polar surface area (TPSA) is 96.5 Å². The minimum Gasteiger partial charge on any atom is -0.466 e. The molecule has 2 heterocycles. The van der Waals surface area contributed by atoms with Crippen LogP contribution in [0.4, 0.5) is 0 Å². The van der Waals surface area contributed by atoms with Gasteiger partial charge in [0.05, 0.1) is 18.4 Å². The van der Waals surface area contributed by atoms with E-state index in [1.54, 1.807) is 11.0 Å². The molecule has 0 bridgehead atoms. The van der Waals surface area contributed by atoms with Gasteiger partial charge in [0.1, 0.15) is 5.25 Å². The van der Waals surface area contributed by atoms with Gasteiger partial charge in [-0.3, -0.25) is 4.79 Å². The number of methoxy groups -OCH3 is 1. The van der Waals surface area contributed by atoms with Crippen molar-refractivity contribution in [1.29, 1.82) is 0 Å². The van der Waals surface area contributed by atoms with Gasteiger partial charge in [-0.05, 0) is 18.1 Å². The summed E-state index contributed by atoms with van der Waals surface area (Å²) in [5.41, 5.74) is 2.14. The predicted molar refractivity (Wildman–Crippen MR) is 111 cm³/mol. The van der Waals surface area contributed by atoms with Crippen LogP contribution < -0.4 is 0 Å². The lowest BCUT2D eigenvalue weighted by molar-refractivity contribution is -0.136. The van der Waals surface area contributed by atoms with Gasteiger partial charge in [0.15, 0.2) is 9.84 Å². The quantitative estimate of drug-likeness (QED) is 0.525. The van der Waals surface area contributed by atoms with Gasteiger partial charge in [-0.25, -0.2) is 13.2 Å². The van der Waals surface area contributed by atoms with E-state index >= 15 is 0 Å². The van der Waals surface area contributed by atoms with E-state index in [0.29, 0.717) is 19.5 Å². The maximum absolute atomic E-state index is 12.9. The van der Waals surface area contributed by atoms with E-state index in [1.807, 2.05) is 30.5 Å². The van der Waals surface area contributed by atoms with E-state index in [4.69, 9.17) is 0 Å². The third-order valence-electron chi connectivity index (χ3n) is 5.13. The molecule has 1 unspecified atom stereocenters. The SMILES string of the molecule is C=CCN(CCc1c[nH]c2ccccc12)C(=O)CC1C(C(=O)OC)=CCS1(=O)=O. The number of fused-ring (bicyclic) bond motifs is 1. The number of rotatable bonds is 8. The minimum atomic E-state index is -3.59. The van der Waals surface area contributed by atoms with Gasteiger partial charge in [-0.15, -0.1) is 6.58 Å². The number of benzene rings is 1. The fraction of sp³-hybridized carbons (Fsp3) is 0.333. The Labute approximate surface area is 170 Å². The second-order valence-electron chi connectivity index (χ2n) is 6.91. The van der Waals surface area contributed by atoms with Crippen molar-refractivity contribution in [3.05, 3.63) is 60.3 Å². The number of para-hydroxylation sites is 1. The average Bonchev–Trinajstić information content (AvgIpc) is 3.25. The number of nitrogens with zero attached hydrogens (tertiary/aromatic N) is 1. The molecule has 1 atom stereocenters. The molecule has 0 aliphatic carbocycles. The zero-order valence-corrected chi connectivity index (χ0v) is 17.1. The van der Waals surface area contributed by atoms with Gasteiger partial charge >= 0.3 is 5.97 Å². The summed E-state index contributed by atoms with van der Waals surface area (Å²) in [6.07, 6.45) is 5.18. The molecular formula is C21H24N2O5S. The lowest BCUT2D eigenvalue weighted by atomic mass is 10.1. The van der Waals surface area contributed by atoms with E-state index < -0.39 is 21.1 Å². The first-order chi connectivity index (χ1) is 13.9. The highest BCUT2D eigenvalue weighted by atomic mass is 32.2. The van der Waals surface area contributed by atoms with Gasteiger partial charge in [0.2, 0.25) is 5.91 Å². The van der Waals surface area contributed by atoms with Crippen molar-refractivity contribution in [2.24, 2.45) is 0 Å². The van der Waals surface area contributed by atoms with E-state index in [9.17, 15) is 18.0 Å². The number of nitrogens with one attached hydrogen (secondary N) is 1. The zero-order valence-electron chi connectivity index (χ0n) is 16.3. The van der Waals surface area contributed by atoms with Crippen LogP contribution in [0.2, 0.25) is 0 Å². The molecule has 29 heavy (non-hydrogen) atoms. The van der Waals surface area contributed by atoms with Gasteiger partial charge in [-0.1, -0.05) is 30.4 Å². The number of amides is 1. The van der Waals surface area contributed by atoms with Crippen LogP contribution in [0, 0.1) is 0 Å². The van der Waals surface area contributed by atoms with Crippen molar-refractivity contribution in [1.82, 2.24) is 9.88 Å². The number of esters is 1. The van der Waals surface area contributed by atoms with Crippen LogP contribution in [0.5, 0.6) is 0 Å². The number of carbonyl (C=O) groups is 2. The number of ether oxygens (including phenoxy) is 1. The molecule has 1 aliphatic rings. The Morgan fingerprint density at radius 3 is 2.83 bits per heavy atom. The van der Waals surface area contributed by atoms with Crippen LogP contribution in [0.25, 0.3) is 10.9 Å². The highest BCUT2D eigenvalue weighted by Crippen LogP contribution is 2.26. The Morgan fingerprint density at radius 2 is 2.10 bits per heavy atom. The first-order valence-electron chi connectivity index (χ1n) is 9.31. The highest BCUT2D eigenvalue weighted by Gasteiger charge is 2.40. The third kappa shape index (κ3) is 4.42. The molecule has 1 aromatic heterocycles. The zero-order chi connectivity index (χ0) is 21.0. The largest absolute Gasteiger partial charge is 0.466 e. The van der Waals surface area contributed by atoms with E-state index in [2.05, 4.69) is 16.3 Å². The minimum absolute atomic E-state index is 0.0380. The number of hydrogen-bond donors (Lipinski definition) is 1. The van der Waals surface area contributed by atoms with Gasteiger partial charge in [0.25, 0.3) is 0 Å². The summed E-state index contributed by atoms with van der Waals surface area (Å²) < 4.78 is 29.4. The molecule has 0 spiro atoms.